The fraction of sp³-hybridized carbons (Fsp3) is 0.281. The summed E-state index contributed by atoms with van der Waals surface area (Å²) in [6.07, 6.45) is 0.750. The fourth-order valence-corrected chi connectivity index (χ4v) is 6.41. The average Bonchev–Trinajstić information content (AvgIpc) is 3.60. The first-order valence-corrected chi connectivity index (χ1v) is 14.3. The number of thiazole rings is 1. The van der Waals surface area contributed by atoms with Crippen molar-refractivity contribution < 1.29 is 24.2 Å². The fourth-order valence-electron chi connectivity index (χ4n) is 5.39. The number of aliphatic hydroxyl groups excluding tert-OH is 1. The van der Waals surface area contributed by atoms with Crippen LogP contribution in [0, 0.1) is 0 Å². The highest BCUT2D eigenvalue weighted by molar-refractivity contribution is 7.22. The van der Waals surface area contributed by atoms with Crippen LogP contribution in [0.15, 0.2) is 66.2 Å². The van der Waals surface area contributed by atoms with Gasteiger partial charge in [-0.15, -0.1) is 0 Å². The maximum absolute atomic E-state index is 13.6. The van der Waals surface area contributed by atoms with E-state index in [1.165, 1.54) is 16.2 Å². The minimum Gasteiger partial charge on any atom is -0.507 e. The van der Waals surface area contributed by atoms with Gasteiger partial charge in [0.2, 0.25) is 0 Å². The highest BCUT2D eigenvalue weighted by atomic mass is 32.1. The van der Waals surface area contributed by atoms with Crippen molar-refractivity contribution in [3.63, 3.8) is 0 Å². The van der Waals surface area contributed by atoms with Gasteiger partial charge in [0.05, 0.1) is 28.4 Å². The van der Waals surface area contributed by atoms with Crippen LogP contribution >= 0.6 is 11.3 Å². The smallest absolute Gasteiger partial charge is 0.301 e. The molecule has 40 heavy (non-hydrogen) atoms. The molecule has 3 aromatic carbocycles. The van der Waals surface area contributed by atoms with Gasteiger partial charge in [0.25, 0.3) is 5.78 Å². The lowest BCUT2D eigenvalue weighted by atomic mass is 9.93. The molecular weight excluding hydrogens is 524 g/mol. The molecule has 1 saturated heterocycles. The van der Waals surface area contributed by atoms with Gasteiger partial charge in [-0.3, -0.25) is 14.5 Å². The van der Waals surface area contributed by atoms with Gasteiger partial charge in [-0.2, -0.15) is 0 Å². The van der Waals surface area contributed by atoms with Crippen molar-refractivity contribution in [3.8, 4) is 11.5 Å². The van der Waals surface area contributed by atoms with Crippen LogP contribution in [0.2, 0.25) is 0 Å². The zero-order valence-corrected chi connectivity index (χ0v) is 23.6. The lowest BCUT2D eigenvalue weighted by molar-refractivity contribution is -0.132. The predicted octanol–water partition coefficient (Wildman–Crippen LogP) is 6.77. The number of ether oxygens (including phenoxy) is 2. The van der Waals surface area contributed by atoms with E-state index in [1.54, 1.807) is 12.1 Å². The molecule has 0 spiro atoms. The van der Waals surface area contributed by atoms with Crippen molar-refractivity contribution in [2.75, 3.05) is 11.5 Å². The Hall–Kier alpha value is -4.17. The Labute approximate surface area is 236 Å². The number of carbonyl (C=O) groups excluding carboxylic acids is 2. The number of hydrogen-bond acceptors (Lipinski definition) is 7. The Balaban J connectivity index is 1.50. The van der Waals surface area contributed by atoms with Crippen molar-refractivity contribution in [3.05, 3.63) is 88.5 Å². The summed E-state index contributed by atoms with van der Waals surface area (Å²) < 4.78 is 12.3. The minimum atomic E-state index is -0.837. The second-order valence-electron chi connectivity index (χ2n) is 10.5. The molecule has 0 aliphatic carbocycles. The molecule has 204 valence electrons. The summed E-state index contributed by atoms with van der Waals surface area (Å²) in [5.74, 6) is 0.131. The number of Topliss-reactive ketones (excluding diaryl/α,β-unsaturated/α-hetero) is 1. The molecule has 3 heterocycles. The summed E-state index contributed by atoms with van der Waals surface area (Å²) in [6, 6.07) is 17.9. The Kier molecular flexibility index (Phi) is 6.58. The summed E-state index contributed by atoms with van der Waals surface area (Å²) in [5, 5.41) is 12.0. The summed E-state index contributed by atoms with van der Waals surface area (Å²) in [5.41, 5.74) is 4.04. The predicted molar refractivity (Wildman–Crippen MR) is 156 cm³/mol. The monoisotopic (exact) mass is 554 g/mol. The van der Waals surface area contributed by atoms with E-state index in [0.29, 0.717) is 40.9 Å². The highest BCUT2D eigenvalue weighted by Crippen LogP contribution is 2.45. The van der Waals surface area contributed by atoms with Crippen molar-refractivity contribution >= 4 is 44.1 Å². The number of rotatable bonds is 6. The Morgan fingerprint density at radius 2 is 1.90 bits per heavy atom. The molecule has 2 aliphatic heterocycles. The largest absolute Gasteiger partial charge is 0.507 e. The van der Waals surface area contributed by atoms with E-state index in [-0.39, 0.29) is 17.4 Å². The Morgan fingerprint density at radius 3 is 2.62 bits per heavy atom. The SMILES string of the molecule is CCOc1ccc2nc(N3C(=O)C(=O)/C(=C(/O)c4ccc5c(c4)C[C@H](C)O5)[C@@H]3c3ccc(C(C)C)cc3)sc2c1. The van der Waals surface area contributed by atoms with E-state index < -0.39 is 17.7 Å². The molecule has 1 aromatic heterocycles. The molecule has 0 radical (unpaired) electrons. The zero-order valence-electron chi connectivity index (χ0n) is 22.8. The van der Waals surface area contributed by atoms with Gasteiger partial charge in [0.15, 0.2) is 5.13 Å². The summed E-state index contributed by atoms with van der Waals surface area (Å²) >= 11 is 1.31. The van der Waals surface area contributed by atoms with Gasteiger partial charge in [-0.25, -0.2) is 4.98 Å². The highest BCUT2D eigenvalue weighted by Gasteiger charge is 2.48. The van der Waals surface area contributed by atoms with Crippen LogP contribution in [0.3, 0.4) is 0 Å². The van der Waals surface area contributed by atoms with Gasteiger partial charge in [0.1, 0.15) is 23.4 Å². The molecule has 4 aromatic rings. The van der Waals surface area contributed by atoms with Crippen LogP contribution in [-0.4, -0.2) is 34.5 Å². The normalized spacial score (nSPS) is 19.9. The number of anilines is 1. The summed E-state index contributed by atoms with van der Waals surface area (Å²) in [6.45, 7) is 8.66. The quantitative estimate of drug-likeness (QED) is 0.161. The van der Waals surface area contributed by atoms with Crippen LogP contribution in [0.25, 0.3) is 16.0 Å². The van der Waals surface area contributed by atoms with Gasteiger partial charge < -0.3 is 14.6 Å². The Bertz CT molecular complexity index is 1670. The molecule has 7 nitrogen and oxygen atoms in total. The average molecular weight is 555 g/mol. The van der Waals surface area contributed by atoms with E-state index in [1.807, 2.05) is 62.4 Å². The van der Waals surface area contributed by atoms with Crippen LogP contribution in [0.5, 0.6) is 11.5 Å². The van der Waals surface area contributed by atoms with Gasteiger partial charge >= 0.3 is 5.91 Å². The lowest BCUT2D eigenvalue weighted by Gasteiger charge is -2.23. The number of nitrogens with zero attached hydrogens (tertiary/aromatic N) is 2. The van der Waals surface area contributed by atoms with Gasteiger partial charge in [-0.1, -0.05) is 49.4 Å². The van der Waals surface area contributed by atoms with E-state index in [0.717, 1.165) is 27.1 Å². The number of amides is 1. The van der Waals surface area contributed by atoms with Crippen molar-refractivity contribution in [1.29, 1.82) is 0 Å². The number of fused-ring (bicyclic) bond motifs is 2. The zero-order chi connectivity index (χ0) is 28.1. The first-order valence-electron chi connectivity index (χ1n) is 13.5. The second kappa shape index (κ2) is 10.1. The molecule has 2 atom stereocenters. The maximum Gasteiger partial charge on any atom is 0.301 e. The molecule has 1 amide bonds. The topological polar surface area (TPSA) is 89.0 Å². The number of carbonyl (C=O) groups is 2. The molecule has 0 bridgehead atoms. The maximum atomic E-state index is 13.6. The van der Waals surface area contributed by atoms with E-state index in [4.69, 9.17) is 14.5 Å². The molecule has 0 saturated carbocycles. The van der Waals surface area contributed by atoms with Crippen molar-refractivity contribution in [2.24, 2.45) is 0 Å². The first-order chi connectivity index (χ1) is 19.2. The second-order valence-corrected chi connectivity index (χ2v) is 11.5. The molecule has 1 fully saturated rings. The van der Waals surface area contributed by atoms with E-state index in [2.05, 4.69) is 13.8 Å². The van der Waals surface area contributed by atoms with Crippen LogP contribution in [0.1, 0.15) is 61.9 Å². The first kappa shape index (κ1) is 26.1. The number of benzene rings is 3. The minimum absolute atomic E-state index is 0.0414. The molecular formula is C32H30N2O5S. The van der Waals surface area contributed by atoms with Crippen LogP contribution < -0.4 is 14.4 Å². The standard InChI is InChI=1S/C32H30N2O5S/c1-5-38-23-11-12-24-26(16-23)40-32(33-24)34-28(20-8-6-19(7-9-20)17(2)3)27(30(36)31(34)37)29(35)21-10-13-25-22(15-21)14-18(4)39-25/h6-13,15-18,28,35H,5,14H2,1-4H3/b29-27+/t18-,28-/m0/s1. The van der Waals surface area contributed by atoms with E-state index >= 15 is 0 Å². The summed E-state index contributed by atoms with van der Waals surface area (Å²) in [4.78, 5) is 33.4. The third kappa shape index (κ3) is 4.42. The van der Waals surface area contributed by atoms with Crippen molar-refractivity contribution in [2.45, 2.75) is 52.2 Å². The molecule has 6 rings (SSSR count). The molecule has 0 unspecified atom stereocenters. The third-order valence-corrected chi connectivity index (χ3v) is 8.42. The summed E-state index contributed by atoms with van der Waals surface area (Å²) in [7, 11) is 0. The number of ketones is 1. The molecule has 1 N–H and O–H groups in total. The van der Waals surface area contributed by atoms with Gasteiger partial charge in [0, 0.05) is 12.0 Å². The molecule has 2 aliphatic rings. The van der Waals surface area contributed by atoms with E-state index in [9.17, 15) is 14.7 Å². The molecule has 8 heteroatoms. The Morgan fingerprint density at radius 1 is 1.12 bits per heavy atom. The van der Waals surface area contributed by atoms with Gasteiger partial charge in [-0.05, 0) is 72.9 Å². The van der Waals surface area contributed by atoms with Crippen LogP contribution in [-0.2, 0) is 16.0 Å². The number of aromatic nitrogens is 1. The van der Waals surface area contributed by atoms with Crippen LogP contribution in [0.4, 0.5) is 5.13 Å². The van der Waals surface area contributed by atoms with Crippen molar-refractivity contribution in [1.82, 2.24) is 4.98 Å². The lowest BCUT2D eigenvalue weighted by Crippen LogP contribution is -2.29. The number of hydrogen-bond donors (Lipinski definition) is 1. The number of aliphatic hydroxyl groups is 1. The third-order valence-electron chi connectivity index (χ3n) is 7.40.